The van der Waals surface area contributed by atoms with Crippen molar-refractivity contribution in [3.05, 3.63) is 58.6 Å². The minimum Gasteiger partial charge on any atom is -0.497 e. The molecule has 1 aliphatic rings. The zero-order valence-corrected chi connectivity index (χ0v) is 15.1. The first-order valence-electron chi connectivity index (χ1n) is 7.89. The lowest BCUT2D eigenvalue weighted by Gasteiger charge is -2.22. The molecule has 134 valence electrons. The molecule has 26 heavy (non-hydrogen) atoms. The summed E-state index contributed by atoms with van der Waals surface area (Å²) < 4.78 is 10.0. The van der Waals surface area contributed by atoms with Gasteiger partial charge in [0.25, 0.3) is 0 Å². The van der Waals surface area contributed by atoms with Gasteiger partial charge in [-0.3, -0.25) is 19.5 Å². The van der Waals surface area contributed by atoms with Crippen molar-refractivity contribution in [1.82, 2.24) is 0 Å². The number of benzene rings is 2. The van der Waals surface area contributed by atoms with Gasteiger partial charge in [-0.2, -0.15) is 0 Å². The predicted octanol–water partition coefficient (Wildman–Crippen LogP) is 2.71. The van der Waals surface area contributed by atoms with Crippen molar-refractivity contribution >= 4 is 34.9 Å². The Bertz CT molecular complexity index is 878. The number of carbonyl (C=O) groups is 2. The molecule has 1 heterocycles. The van der Waals surface area contributed by atoms with Gasteiger partial charge in [0.05, 0.1) is 25.6 Å². The Morgan fingerprint density at radius 2 is 1.92 bits per heavy atom. The standard InChI is InChI=1S/C19H17ClN2O4/c1-25-14-7-8-16-15(9-14)19(12-3-5-13(20)6-4-12)21-10-17(23)22(16)11-18(24)26-2/h3-9H,10-11H2,1-2H3. The average Bonchev–Trinajstić information content (AvgIpc) is 2.79. The minimum absolute atomic E-state index is 0.0774. The van der Waals surface area contributed by atoms with Crippen molar-refractivity contribution in [2.45, 2.75) is 0 Å². The summed E-state index contributed by atoms with van der Waals surface area (Å²) in [5.74, 6) is -0.168. The summed E-state index contributed by atoms with van der Waals surface area (Å²) in [4.78, 5) is 30.2. The van der Waals surface area contributed by atoms with E-state index in [0.717, 1.165) is 5.56 Å². The number of esters is 1. The van der Waals surface area contributed by atoms with Gasteiger partial charge in [0, 0.05) is 16.1 Å². The fraction of sp³-hybridized carbons (Fsp3) is 0.211. The molecule has 3 rings (SSSR count). The summed E-state index contributed by atoms with van der Waals surface area (Å²) in [6, 6.07) is 12.5. The number of hydrogen-bond acceptors (Lipinski definition) is 5. The number of aliphatic imine (C=N–C) groups is 1. The number of benzodiazepines with no additional fused rings is 1. The monoisotopic (exact) mass is 372 g/mol. The Hall–Kier alpha value is -2.86. The number of hydrogen-bond donors (Lipinski definition) is 0. The maximum absolute atomic E-state index is 12.6. The van der Waals surface area contributed by atoms with E-state index in [-0.39, 0.29) is 19.0 Å². The highest BCUT2D eigenvalue weighted by Crippen LogP contribution is 2.30. The highest BCUT2D eigenvalue weighted by molar-refractivity contribution is 6.30. The Labute approximate surface area is 156 Å². The van der Waals surface area contributed by atoms with Crippen LogP contribution in [0.3, 0.4) is 0 Å². The van der Waals surface area contributed by atoms with Gasteiger partial charge >= 0.3 is 5.97 Å². The molecule has 0 saturated carbocycles. The molecule has 0 atom stereocenters. The average molecular weight is 373 g/mol. The van der Waals surface area contributed by atoms with Crippen molar-refractivity contribution in [3.8, 4) is 5.75 Å². The van der Waals surface area contributed by atoms with Gasteiger partial charge in [-0.25, -0.2) is 0 Å². The number of fused-ring (bicyclic) bond motifs is 1. The fourth-order valence-electron chi connectivity index (χ4n) is 2.74. The summed E-state index contributed by atoms with van der Waals surface area (Å²) in [7, 11) is 2.85. The number of nitrogens with zero attached hydrogens (tertiary/aromatic N) is 2. The van der Waals surface area contributed by atoms with Crippen LogP contribution in [0.5, 0.6) is 5.75 Å². The predicted molar refractivity (Wildman–Crippen MR) is 99.3 cm³/mol. The molecule has 0 N–H and O–H groups in total. The van der Waals surface area contributed by atoms with Crippen LogP contribution in [0.15, 0.2) is 47.5 Å². The lowest BCUT2D eigenvalue weighted by molar-refractivity contribution is -0.139. The zero-order chi connectivity index (χ0) is 18.7. The van der Waals surface area contributed by atoms with Gasteiger partial charge in [-0.1, -0.05) is 23.7 Å². The van der Waals surface area contributed by atoms with Crippen molar-refractivity contribution in [1.29, 1.82) is 0 Å². The third-order valence-electron chi connectivity index (χ3n) is 4.06. The normalized spacial score (nSPS) is 13.6. The van der Waals surface area contributed by atoms with E-state index in [9.17, 15) is 9.59 Å². The van der Waals surface area contributed by atoms with Crippen LogP contribution in [0.4, 0.5) is 5.69 Å². The Kier molecular flexibility index (Phi) is 5.23. The number of ether oxygens (including phenoxy) is 2. The Morgan fingerprint density at radius 1 is 1.19 bits per heavy atom. The van der Waals surface area contributed by atoms with Crippen LogP contribution in [-0.2, 0) is 14.3 Å². The molecular formula is C19H17ClN2O4. The molecule has 1 aliphatic heterocycles. The molecule has 0 spiro atoms. The van der Waals surface area contributed by atoms with E-state index < -0.39 is 5.97 Å². The number of methoxy groups -OCH3 is 2. The molecule has 0 unspecified atom stereocenters. The van der Waals surface area contributed by atoms with Gasteiger partial charge in [0.1, 0.15) is 18.8 Å². The van der Waals surface area contributed by atoms with Crippen LogP contribution in [0.1, 0.15) is 11.1 Å². The van der Waals surface area contributed by atoms with Crippen molar-refractivity contribution in [2.24, 2.45) is 4.99 Å². The van der Waals surface area contributed by atoms with Crippen LogP contribution >= 0.6 is 11.6 Å². The summed E-state index contributed by atoms with van der Waals surface area (Å²) in [6.07, 6.45) is 0. The number of anilines is 1. The molecule has 2 aromatic rings. The van der Waals surface area contributed by atoms with E-state index in [4.69, 9.17) is 21.1 Å². The minimum atomic E-state index is -0.505. The van der Waals surface area contributed by atoms with Crippen molar-refractivity contribution in [2.75, 3.05) is 32.2 Å². The maximum atomic E-state index is 12.6. The Morgan fingerprint density at radius 3 is 2.58 bits per heavy atom. The summed E-state index contributed by atoms with van der Waals surface area (Å²) >= 11 is 5.98. The molecule has 1 amide bonds. The first kappa shape index (κ1) is 17.9. The van der Waals surface area contributed by atoms with E-state index in [1.54, 1.807) is 37.4 Å². The molecular weight excluding hydrogens is 356 g/mol. The summed E-state index contributed by atoms with van der Waals surface area (Å²) in [5, 5.41) is 0.609. The third-order valence-corrected chi connectivity index (χ3v) is 4.31. The van der Waals surface area contributed by atoms with Gasteiger partial charge in [-0.05, 0) is 30.3 Å². The van der Waals surface area contributed by atoms with E-state index in [0.29, 0.717) is 27.7 Å². The largest absolute Gasteiger partial charge is 0.497 e. The smallest absolute Gasteiger partial charge is 0.325 e. The van der Waals surface area contributed by atoms with Gasteiger partial charge < -0.3 is 9.47 Å². The van der Waals surface area contributed by atoms with E-state index in [2.05, 4.69) is 4.99 Å². The second-order valence-corrected chi connectivity index (χ2v) is 6.05. The molecule has 7 heteroatoms. The topological polar surface area (TPSA) is 68.2 Å². The lowest BCUT2D eigenvalue weighted by atomic mass is 10.00. The highest BCUT2D eigenvalue weighted by atomic mass is 35.5. The SMILES string of the molecule is COC(=O)CN1C(=O)CN=C(c2ccc(Cl)cc2)c2cc(OC)ccc21. The summed E-state index contributed by atoms with van der Waals surface area (Å²) in [6.45, 7) is -0.260. The number of halogens is 1. The highest BCUT2D eigenvalue weighted by Gasteiger charge is 2.27. The van der Waals surface area contributed by atoms with Crippen LogP contribution in [0.2, 0.25) is 5.02 Å². The van der Waals surface area contributed by atoms with E-state index in [1.807, 2.05) is 12.1 Å². The van der Waals surface area contributed by atoms with E-state index in [1.165, 1.54) is 12.0 Å². The molecule has 0 fully saturated rings. The van der Waals surface area contributed by atoms with Gasteiger partial charge in [-0.15, -0.1) is 0 Å². The molecule has 0 saturated heterocycles. The molecule has 0 radical (unpaired) electrons. The zero-order valence-electron chi connectivity index (χ0n) is 14.4. The second-order valence-electron chi connectivity index (χ2n) is 5.61. The van der Waals surface area contributed by atoms with E-state index >= 15 is 0 Å². The lowest BCUT2D eigenvalue weighted by Crippen LogP contribution is -2.37. The van der Waals surface area contributed by atoms with Crippen molar-refractivity contribution < 1.29 is 19.1 Å². The molecule has 0 bridgehead atoms. The first-order chi connectivity index (χ1) is 12.5. The maximum Gasteiger partial charge on any atom is 0.325 e. The number of rotatable bonds is 4. The fourth-order valence-corrected chi connectivity index (χ4v) is 2.87. The van der Waals surface area contributed by atoms with Gasteiger partial charge in [0.2, 0.25) is 5.91 Å². The van der Waals surface area contributed by atoms with Crippen LogP contribution in [-0.4, -0.2) is 44.9 Å². The molecule has 2 aromatic carbocycles. The number of carbonyl (C=O) groups excluding carboxylic acids is 2. The molecule has 6 nitrogen and oxygen atoms in total. The van der Waals surface area contributed by atoms with Crippen LogP contribution in [0, 0.1) is 0 Å². The van der Waals surface area contributed by atoms with Crippen molar-refractivity contribution in [3.63, 3.8) is 0 Å². The van der Waals surface area contributed by atoms with Gasteiger partial charge in [0.15, 0.2) is 0 Å². The number of amides is 1. The third kappa shape index (κ3) is 3.55. The quantitative estimate of drug-likeness (QED) is 0.774. The molecule has 0 aliphatic carbocycles. The molecule has 0 aromatic heterocycles. The first-order valence-corrected chi connectivity index (χ1v) is 8.27. The second kappa shape index (κ2) is 7.58. The Balaban J connectivity index is 2.15. The van der Waals surface area contributed by atoms with Crippen LogP contribution in [0.25, 0.3) is 0 Å². The summed E-state index contributed by atoms with van der Waals surface area (Å²) in [5.41, 5.74) is 2.72. The van der Waals surface area contributed by atoms with Crippen LogP contribution < -0.4 is 9.64 Å².